The monoisotopic (exact) mass is 457 g/mol. The van der Waals surface area contributed by atoms with E-state index >= 15 is 0 Å². The van der Waals surface area contributed by atoms with Crippen LogP contribution in [0.25, 0.3) is 0 Å². The van der Waals surface area contributed by atoms with Crippen molar-refractivity contribution in [3.05, 3.63) is 90.3 Å². The average Bonchev–Trinajstić information content (AvgIpc) is 2.90. The Morgan fingerprint density at radius 1 is 0.971 bits per heavy atom. The lowest BCUT2D eigenvalue weighted by molar-refractivity contribution is -0.144. The van der Waals surface area contributed by atoms with Crippen molar-refractivity contribution in [1.82, 2.24) is 9.88 Å². The van der Waals surface area contributed by atoms with E-state index in [9.17, 15) is 9.59 Å². The van der Waals surface area contributed by atoms with Crippen LogP contribution in [0.5, 0.6) is 5.75 Å². The van der Waals surface area contributed by atoms with Crippen LogP contribution in [0.4, 0.5) is 5.69 Å². The van der Waals surface area contributed by atoms with Gasteiger partial charge >= 0.3 is 0 Å². The lowest BCUT2D eigenvalue weighted by Gasteiger charge is -2.34. The highest BCUT2D eigenvalue weighted by atomic mass is 16.5. The summed E-state index contributed by atoms with van der Waals surface area (Å²) >= 11 is 0. The Balaban J connectivity index is 1.69. The van der Waals surface area contributed by atoms with Crippen LogP contribution in [-0.2, 0) is 16.1 Å². The number of carbonyl (C=O) groups is 2. The summed E-state index contributed by atoms with van der Waals surface area (Å²) in [6, 6.07) is 21.6. The molecular formula is C28H31N3O3. The lowest BCUT2D eigenvalue weighted by Crippen LogP contribution is -2.44. The molecule has 176 valence electrons. The minimum atomic E-state index is -0.849. The molecule has 1 atom stereocenters. The van der Waals surface area contributed by atoms with Crippen molar-refractivity contribution < 1.29 is 14.3 Å². The standard InChI is InChI=1S/C28H31N3O3/c1-34-24-17-15-23(16-18-24)30-27(32)26(25-14-8-9-19-29-25)31(20-21-10-4-2-5-11-21)28(33)22-12-6-3-7-13-22/h2,4-5,8-11,14-19,22,26H,3,6-7,12-13,20H2,1H3,(H,30,32). The fourth-order valence-corrected chi connectivity index (χ4v) is 4.52. The number of anilines is 1. The van der Waals surface area contributed by atoms with Crippen molar-refractivity contribution in [3.8, 4) is 5.75 Å². The first-order valence-electron chi connectivity index (χ1n) is 11.9. The number of nitrogens with zero attached hydrogens (tertiary/aromatic N) is 2. The molecule has 2 aromatic carbocycles. The number of carbonyl (C=O) groups excluding carboxylic acids is 2. The molecule has 0 saturated heterocycles. The summed E-state index contributed by atoms with van der Waals surface area (Å²) in [7, 11) is 1.60. The van der Waals surface area contributed by atoms with Crippen molar-refractivity contribution in [2.75, 3.05) is 12.4 Å². The van der Waals surface area contributed by atoms with Gasteiger partial charge in [-0.25, -0.2) is 0 Å². The van der Waals surface area contributed by atoms with Crippen LogP contribution in [0.2, 0.25) is 0 Å². The molecule has 4 rings (SSSR count). The SMILES string of the molecule is COc1ccc(NC(=O)C(c2ccccn2)N(Cc2ccccc2)C(=O)C2CCCCC2)cc1. The first kappa shape index (κ1) is 23.5. The fourth-order valence-electron chi connectivity index (χ4n) is 4.52. The Morgan fingerprint density at radius 3 is 2.32 bits per heavy atom. The number of pyridine rings is 1. The van der Waals surface area contributed by atoms with E-state index in [4.69, 9.17) is 4.74 Å². The molecule has 1 aromatic heterocycles. The molecule has 1 fully saturated rings. The number of rotatable bonds is 8. The topological polar surface area (TPSA) is 71.5 Å². The first-order chi connectivity index (χ1) is 16.7. The summed E-state index contributed by atoms with van der Waals surface area (Å²) in [5.41, 5.74) is 2.16. The molecule has 6 heteroatoms. The molecule has 1 aliphatic carbocycles. The molecule has 1 saturated carbocycles. The van der Waals surface area contributed by atoms with Crippen molar-refractivity contribution in [1.29, 1.82) is 0 Å². The number of benzene rings is 2. The summed E-state index contributed by atoms with van der Waals surface area (Å²) < 4.78 is 5.22. The van der Waals surface area contributed by atoms with Crippen molar-refractivity contribution in [2.45, 2.75) is 44.7 Å². The van der Waals surface area contributed by atoms with E-state index in [1.165, 1.54) is 0 Å². The van der Waals surface area contributed by atoms with Gasteiger partial charge in [0, 0.05) is 24.3 Å². The van der Waals surface area contributed by atoms with Gasteiger partial charge in [0.2, 0.25) is 5.91 Å². The van der Waals surface area contributed by atoms with Gasteiger partial charge < -0.3 is 15.0 Å². The Bertz CT molecular complexity index is 1070. The van der Waals surface area contributed by atoms with Gasteiger partial charge in [-0.1, -0.05) is 55.7 Å². The summed E-state index contributed by atoms with van der Waals surface area (Å²) in [5.74, 6) is 0.364. The molecule has 1 N–H and O–H groups in total. The van der Waals surface area contributed by atoms with Gasteiger partial charge in [-0.15, -0.1) is 0 Å². The van der Waals surface area contributed by atoms with E-state index in [0.29, 0.717) is 23.7 Å². The second kappa shape index (κ2) is 11.5. The van der Waals surface area contributed by atoms with Crippen LogP contribution < -0.4 is 10.1 Å². The zero-order valence-corrected chi connectivity index (χ0v) is 19.5. The molecule has 0 spiro atoms. The molecule has 1 unspecified atom stereocenters. The predicted octanol–water partition coefficient (Wildman–Crippen LogP) is 5.38. The molecule has 2 amide bonds. The average molecular weight is 458 g/mol. The van der Waals surface area contributed by atoms with Gasteiger partial charge in [-0.05, 0) is 54.8 Å². The maximum Gasteiger partial charge on any atom is 0.253 e. The Kier molecular flexibility index (Phi) is 7.91. The van der Waals surface area contributed by atoms with Gasteiger partial charge in [0.25, 0.3) is 5.91 Å². The van der Waals surface area contributed by atoms with Gasteiger partial charge in [0.05, 0.1) is 12.8 Å². The lowest BCUT2D eigenvalue weighted by atomic mass is 9.87. The van der Waals surface area contributed by atoms with Gasteiger partial charge in [0.1, 0.15) is 5.75 Å². The quantitative estimate of drug-likeness (QED) is 0.493. The van der Waals surface area contributed by atoms with E-state index in [1.807, 2.05) is 48.5 Å². The molecule has 0 aliphatic heterocycles. The van der Waals surface area contributed by atoms with Crippen LogP contribution in [-0.4, -0.2) is 28.8 Å². The molecule has 1 aliphatic rings. The molecule has 34 heavy (non-hydrogen) atoms. The molecule has 0 radical (unpaired) electrons. The van der Waals surface area contributed by atoms with Crippen molar-refractivity contribution >= 4 is 17.5 Å². The van der Waals surface area contributed by atoms with Crippen molar-refractivity contribution in [3.63, 3.8) is 0 Å². The Labute approximate surface area is 201 Å². The third-order valence-electron chi connectivity index (χ3n) is 6.32. The summed E-state index contributed by atoms with van der Waals surface area (Å²) in [6.07, 6.45) is 6.63. The molecule has 0 bridgehead atoms. The number of nitrogens with one attached hydrogen (secondary N) is 1. The normalized spacial score (nSPS) is 14.7. The van der Waals surface area contributed by atoms with Gasteiger partial charge in [0.15, 0.2) is 6.04 Å². The molecule has 3 aromatic rings. The third-order valence-corrected chi connectivity index (χ3v) is 6.32. The largest absolute Gasteiger partial charge is 0.497 e. The number of hydrogen-bond acceptors (Lipinski definition) is 4. The minimum Gasteiger partial charge on any atom is -0.497 e. The second-order valence-corrected chi connectivity index (χ2v) is 8.66. The number of aromatic nitrogens is 1. The Morgan fingerprint density at radius 2 is 1.68 bits per heavy atom. The number of amides is 2. The summed E-state index contributed by atoms with van der Waals surface area (Å²) in [5, 5.41) is 2.99. The van der Waals surface area contributed by atoms with E-state index < -0.39 is 6.04 Å². The third kappa shape index (κ3) is 5.81. The highest BCUT2D eigenvalue weighted by Crippen LogP contribution is 2.31. The van der Waals surface area contributed by atoms with Crippen LogP contribution in [0.15, 0.2) is 79.0 Å². The van der Waals surface area contributed by atoms with Crippen LogP contribution in [0.1, 0.15) is 49.4 Å². The number of methoxy groups -OCH3 is 1. The number of hydrogen-bond donors (Lipinski definition) is 1. The smallest absolute Gasteiger partial charge is 0.253 e. The first-order valence-corrected chi connectivity index (χ1v) is 11.9. The number of ether oxygens (including phenoxy) is 1. The van der Waals surface area contributed by atoms with Crippen molar-refractivity contribution in [2.24, 2.45) is 5.92 Å². The second-order valence-electron chi connectivity index (χ2n) is 8.66. The zero-order valence-electron chi connectivity index (χ0n) is 19.5. The van der Waals surface area contributed by atoms with E-state index in [0.717, 1.165) is 37.7 Å². The predicted molar refractivity (Wildman–Crippen MR) is 132 cm³/mol. The molecule has 6 nitrogen and oxygen atoms in total. The van der Waals surface area contributed by atoms with E-state index in [2.05, 4.69) is 10.3 Å². The molecule has 1 heterocycles. The van der Waals surface area contributed by atoms with Gasteiger partial charge in [-0.2, -0.15) is 0 Å². The minimum absolute atomic E-state index is 0.0177. The van der Waals surface area contributed by atoms with Crippen LogP contribution in [0, 0.1) is 5.92 Å². The summed E-state index contributed by atoms with van der Waals surface area (Å²) in [6.45, 7) is 0.341. The Hall–Kier alpha value is -3.67. The van der Waals surface area contributed by atoms with E-state index in [1.54, 1.807) is 42.5 Å². The fraction of sp³-hybridized carbons (Fsp3) is 0.321. The maximum absolute atomic E-state index is 13.9. The highest BCUT2D eigenvalue weighted by Gasteiger charge is 2.36. The van der Waals surface area contributed by atoms with E-state index in [-0.39, 0.29) is 17.7 Å². The van der Waals surface area contributed by atoms with Crippen LogP contribution >= 0.6 is 0 Å². The maximum atomic E-state index is 13.9. The van der Waals surface area contributed by atoms with Gasteiger partial charge in [-0.3, -0.25) is 14.6 Å². The zero-order chi connectivity index (χ0) is 23.8. The summed E-state index contributed by atoms with van der Waals surface area (Å²) in [4.78, 5) is 33.8. The van der Waals surface area contributed by atoms with Crippen LogP contribution in [0.3, 0.4) is 0 Å². The molecular weight excluding hydrogens is 426 g/mol. The highest BCUT2D eigenvalue weighted by molar-refractivity contribution is 5.98.